The Morgan fingerprint density at radius 1 is 1.03 bits per heavy atom. The van der Waals surface area contributed by atoms with Gasteiger partial charge in [-0.25, -0.2) is 4.39 Å². The average molecular weight is 429 g/mol. The molecule has 8 heteroatoms. The lowest BCUT2D eigenvalue weighted by molar-refractivity contribution is -0.120. The van der Waals surface area contributed by atoms with Crippen molar-refractivity contribution in [1.82, 2.24) is 4.90 Å². The van der Waals surface area contributed by atoms with Crippen LogP contribution in [-0.2, 0) is 9.59 Å². The summed E-state index contributed by atoms with van der Waals surface area (Å²) in [5.41, 5.74) is 2.08. The van der Waals surface area contributed by atoms with Crippen molar-refractivity contribution in [2.24, 2.45) is 0 Å². The molecule has 1 aliphatic heterocycles. The summed E-state index contributed by atoms with van der Waals surface area (Å²) in [6, 6.07) is 11.3. The molecule has 0 saturated carbocycles. The van der Waals surface area contributed by atoms with Crippen LogP contribution in [0.2, 0.25) is 0 Å². The number of carbonyl (C=O) groups is 2. The largest absolute Gasteiger partial charge is 0.495 e. The van der Waals surface area contributed by atoms with Gasteiger partial charge in [-0.15, -0.1) is 0 Å². The van der Waals surface area contributed by atoms with E-state index in [1.807, 2.05) is 6.92 Å². The molecule has 0 aromatic heterocycles. The number of methoxy groups -OCH3 is 1. The normalized spacial score (nSPS) is 15.7. The summed E-state index contributed by atoms with van der Waals surface area (Å²) in [7, 11) is 1.53. The zero-order valence-corrected chi connectivity index (χ0v) is 18.2. The van der Waals surface area contributed by atoms with Crippen LogP contribution in [0.15, 0.2) is 42.5 Å². The Kier molecular flexibility index (Phi) is 7.46. The third kappa shape index (κ3) is 5.95. The van der Waals surface area contributed by atoms with Gasteiger partial charge in [-0.1, -0.05) is 0 Å². The molecule has 1 atom stereocenters. The van der Waals surface area contributed by atoms with E-state index in [1.54, 1.807) is 30.3 Å². The van der Waals surface area contributed by atoms with Gasteiger partial charge in [0.05, 0.1) is 18.8 Å². The SMILES string of the molecule is COc1ccc(NC(C)=O)cc1NC(=O)C(C)N1CCCN(c2ccc(F)cc2)CC1. The maximum Gasteiger partial charge on any atom is 0.241 e. The fraction of sp³-hybridized carbons (Fsp3) is 0.391. The fourth-order valence-electron chi connectivity index (χ4n) is 3.72. The summed E-state index contributed by atoms with van der Waals surface area (Å²) in [5, 5.41) is 5.64. The minimum absolute atomic E-state index is 0.145. The molecule has 0 aliphatic carbocycles. The van der Waals surface area contributed by atoms with Crippen LogP contribution in [0.4, 0.5) is 21.5 Å². The Bertz CT molecular complexity index is 920. The molecule has 2 aromatic carbocycles. The predicted molar refractivity (Wildman–Crippen MR) is 120 cm³/mol. The lowest BCUT2D eigenvalue weighted by Crippen LogP contribution is -2.44. The van der Waals surface area contributed by atoms with E-state index in [4.69, 9.17) is 4.74 Å². The number of hydrogen-bond acceptors (Lipinski definition) is 5. The highest BCUT2D eigenvalue weighted by atomic mass is 19.1. The lowest BCUT2D eigenvalue weighted by Gasteiger charge is -2.27. The highest BCUT2D eigenvalue weighted by Crippen LogP contribution is 2.28. The summed E-state index contributed by atoms with van der Waals surface area (Å²) >= 11 is 0. The summed E-state index contributed by atoms with van der Waals surface area (Å²) in [6.07, 6.45) is 0.899. The molecule has 166 valence electrons. The van der Waals surface area contributed by atoms with E-state index >= 15 is 0 Å². The van der Waals surface area contributed by atoms with Crippen LogP contribution in [0.3, 0.4) is 0 Å². The Morgan fingerprint density at radius 2 is 1.77 bits per heavy atom. The first kappa shape index (κ1) is 22.6. The molecule has 1 heterocycles. The van der Waals surface area contributed by atoms with E-state index in [1.165, 1.54) is 26.2 Å². The summed E-state index contributed by atoms with van der Waals surface area (Å²) in [5.74, 6) is -0.0592. The van der Waals surface area contributed by atoms with Crippen molar-refractivity contribution < 1.29 is 18.7 Å². The van der Waals surface area contributed by atoms with E-state index in [9.17, 15) is 14.0 Å². The Hall–Kier alpha value is -3.13. The van der Waals surface area contributed by atoms with Gasteiger partial charge in [-0.3, -0.25) is 14.5 Å². The molecule has 7 nitrogen and oxygen atoms in total. The second kappa shape index (κ2) is 10.3. The molecule has 31 heavy (non-hydrogen) atoms. The zero-order chi connectivity index (χ0) is 22.4. The van der Waals surface area contributed by atoms with Gasteiger partial charge in [0, 0.05) is 44.5 Å². The Balaban J connectivity index is 1.64. The molecule has 3 rings (SSSR count). The van der Waals surface area contributed by atoms with Crippen molar-refractivity contribution in [3.05, 3.63) is 48.3 Å². The van der Waals surface area contributed by atoms with Gasteiger partial charge in [0.15, 0.2) is 0 Å². The van der Waals surface area contributed by atoms with Crippen LogP contribution in [-0.4, -0.2) is 56.0 Å². The van der Waals surface area contributed by atoms with E-state index in [2.05, 4.69) is 20.4 Å². The number of nitrogens with one attached hydrogen (secondary N) is 2. The highest BCUT2D eigenvalue weighted by molar-refractivity contribution is 5.97. The van der Waals surface area contributed by atoms with Crippen molar-refractivity contribution in [2.75, 3.05) is 48.8 Å². The van der Waals surface area contributed by atoms with Crippen LogP contribution in [0.1, 0.15) is 20.3 Å². The minimum Gasteiger partial charge on any atom is -0.495 e. The van der Waals surface area contributed by atoms with Gasteiger partial charge in [-0.05, 0) is 55.8 Å². The number of benzene rings is 2. The van der Waals surface area contributed by atoms with Gasteiger partial charge < -0.3 is 20.3 Å². The van der Waals surface area contributed by atoms with Crippen molar-refractivity contribution in [3.8, 4) is 5.75 Å². The molecule has 1 fully saturated rings. The second-order valence-corrected chi connectivity index (χ2v) is 7.61. The maximum atomic E-state index is 13.2. The highest BCUT2D eigenvalue weighted by Gasteiger charge is 2.25. The summed E-state index contributed by atoms with van der Waals surface area (Å²) < 4.78 is 18.6. The average Bonchev–Trinajstić information content (AvgIpc) is 3.00. The fourth-order valence-corrected chi connectivity index (χ4v) is 3.72. The first-order valence-corrected chi connectivity index (χ1v) is 10.4. The maximum absolute atomic E-state index is 13.2. The van der Waals surface area contributed by atoms with E-state index in [0.717, 1.165) is 38.3 Å². The monoisotopic (exact) mass is 428 g/mol. The summed E-state index contributed by atoms with van der Waals surface area (Å²) in [4.78, 5) is 28.7. The van der Waals surface area contributed by atoms with E-state index in [0.29, 0.717) is 17.1 Å². The van der Waals surface area contributed by atoms with Crippen molar-refractivity contribution in [2.45, 2.75) is 26.3 Å². The van der Waals surface area contributed by atoms with Crippen LogP contribution in [0, 0.1) is 5.82 Å². The second-order valence-electron chi connectivity index (χ2n) is 7.61. The molecular weight excluding hydrogens is 399 g/mol. The zero-order valence-electron chi connectivity index (χ0n) is 18.2. The first-order valence-electron chi connectivity index (χ1n) is 10.4. The summed E-state index contributed by atoms with van der Waals surface area (Å²) in [6.45, 7) is 6.42. The van der Waals surface area contributed by atoms with E-state index < -0.39 is 0 Å². The molecule has 1 saturated heterocycles. The Labute approximate surface area is 182 Å². The van der Waals surface area contributed by atoms with Gasteiger partial charge in [-0.2, -0.15) is 0 Å². The number of carbonyl (C=O) groups excluding carboxylic acids is 2. The molecule has 2 amide bonds. The Morgan fingerprint density at radius 3 is 2.45 bits per heavy atom. The van der Waals surface area contributed by atoms with Gasteiger partial charge in [0.1, 0.15) is 11.6 Å². The van der Waals surface area contributed by atoms with Crippen LogP contribution < -0.4 is 20.3 Å². The smallest absolute Gasteiger partial charge is 0.241 e. The molecule has 0 spiro atoms. The third-order valence-corrected chi connectivity index (χ3v) is 5.43. The molecular formula is C23H29FN4O3. The number of nitrogens with zero attached hydrogens (tertiary/aromatic N) is 2. The number of halogens is 1. The molecule has 0 radical (unpaired) electrons. The molecule has 2 N–H and O–H groups in total. The number of rotatable bonds is 6. The molecule has 1 unspecified atom stereocenters. The minimum atomic E-state index is -0.345. The van der Waals surface area contributed by atoms with Crippen LogP contribution in [0.25, 0.3) is 0 Å². The van der Waals surface area contributed by atoms with Crippen LogP contribution in [0.5, 0.6) is 5.75 Å². The lowest BCUT2D eigenvalue weighted by atomic mass is 10.2. The number of ether oxygens (including phenoxy) is 1. The molecule has 0 bridgehead atoms. The number of hydrogen-bond donors (Lipinski definition) is 2. The third-order valence-electron chi connectivity index (χ3n) is 5.43. The predicted octanol–water partition coefficient (Wildman–Crippen LogP) is 3.33. The molecule has 1 aliphatic rings. The van der Waals surface area contributed by atoms with Gasteiger partial charge in [0.25, 0.3) is 0 Å². The van der Waals surface area contributed by atoms with Crippen molar-refractivity contribution in [1.29, 1.82) is 0 Å². The van der Waals surface area contributed by atoms with E-state index in [-0.39, 0.29) is 23.7 Å². The first-order chi connectivity index (χ1) is 14.9. The van der Waals surface area contributed by atoms with Crippen molar-refractivity contribution >= 4 is 28.9 Å². The quantitative estimate of drug-likeness (QED) is 0.738. The topological polar surface area (TPSA) is 73.9 Å². The number of anilines is 3. The standard InChI is InChI=1S/C23H29FN4O3/c1-16(23(30)26-21-15-19(25-17(2)29)7-10-22(21)31-3)27-11-4-12-28(14-13-27)20-8-5-18(24)6-9-20/h5-10,15-16H,4,11-14H2,1-3H3,(H,25,29)(H,26,30). The van der Waals surface area contributed by atoms with Crippen LogP contribution >= 0.6 is 0 Å². The molecule has 2 aromatic rings. The van der Waals surface area contributed by atoms with Gasteiger partial charge >= 0.3 is 0 Å². The van der Waals surface area contributed by atoms with Crippen molar-refractivity contribution in [3.63, 3.8) is 0 Å². The number of amides is 2. The van der Waals surface area contributed by atoms with Gasteiger partial charge in [0.2, 0.25) is 11.8 Å².